The van der Waals surface area contributed by atoms with E-state index in [2.05, 4.69) is 9.55 Å². The number of carboxylic acid groups (broad SMARTS) is 1. The first kappa shape index (κ1) is 19.4. The summed E-state index contributed by atoms with van der Waals surface area (Å²) in [5.74, 6) is -0.0963. The van der Waals surface area contributed by atoms with Crippen LogP contribution in [0, 0.1) is 13.8 Å². The second-order valence-corrected chi connectivity index (χ2v) is 7.62. The van der Waals surface area contributed by atoms with Crippen molar-refractivity contribution in [2.24, 2.45) is 0 Å². The molecule has 0 aliphatic carbocycles. The molecular weight excluding hydrogens is 409 g/mol. The van der Waals surface area contributed by atoms with Gasteiger partial charge < -0.3 is 9.67 Å². The molecule has 7 heteroatoms. The Bertz CT molecular complexity index is 1260. The Hall–Kier alpha value is -2.89. The van der Waals surface area contributed by atoms with Crippen molar-refractivity contribution >= 4 is 40.2 Å². The Balaban J connectivity index is 1.85. The van der Waals surface area contributed by atoms with Crippen LogP contribution in [0.15, 0.2) is 48.5 Å². The maximum atomic E-state index is 11.3. The number of rotatable bonds is 4. The molecule has 146 valence electrons. The van der Waals surface area contributed by atoms with Crippen molar-refractivity contribution in [3.05, 3.63) is 81.4 Å². The molecule has 0 unspecified atom stereocenters. The van der Waals surface area contributed by atoms with Crippen LogP contribution in [0.3, 0.4) is 0 Å². The van der Waals surface area contributed by atoms with E-state index >= 15 is 0 Å². The van der Waals surface area contributed by atoms with Crippen LogP contribution < -0.4 is 0 Å². The van der Waals surface area contributed by atoms with Crippen LogP contribution in [-0.2, 0) is 6.54 Å². The number of imidazole rings is 1. The van der Waals surface area contributed by atoms with E-state index in [1.165, 1.54) is 0 Å². The number of nitrogens with zero attached hydrogens (tertiary/aromatic N) is 3. The van der Waals surface area contributed by atoms with Gasteiger partial charge in [-0.1, -0.05) is 41.4 Å². The Morgan fingerprint density at radius 2 is 1.83 bits per heavy atom. The third-order valence-electron chi connectivity index (χ3n) is 4.90. The maximum absolute atomic E-state index is 11.3. The normalized spacial score (nSPS) is 11.2. The Labute approximate surface area is 177 Å². The van der Waals surface area contributed by atoms with Gasteiger partial charge in [-0.3, -0.25) is 0 Å². The fourth-order valence-corrected chi connectivity index (χ4v) is 3.84. The van der Waals surface area contributed by atoms with Gasteiger partial charge in [0.1, 0.15) is 16.1 Å². The number of hydrogen-bond acceptors (Lipinski definition) is 3. The van der Waals surface area contributed by atoms with Gasteiger partial charge in [0.15, 0.2) is 0 Å². The second-order valence-electron chi connectivity index (χ2n) is 6.88. The molecule has 0 aliphatic rings. The predicted octanol–water partition coefficient (Wildman–Crippen LogP) is 5.77. The summed E-state index contributed by atoms with van der Waals surface area (Å²) >= 11 is 12.2. The molecule has 0 spiro atoms. The Morgan fingerprint density at radius 1 is 1.03 bits per heavy atom. The van der Waals surface area contributed by atoms with Gasteiger partial charge in [0.25, 0.3) is 0 Å². The predicted molar refractivity (Wildman–Crippen MR) is 115 cm³/mol. The zero-order valence-electron chi connectivity index (χ0n) is 15.8. The van der Waals surface area contributed by atoms with Gasteiger partial charge in [-0.05, 0) is 60.9 Å². The molecule has 2 aromatic carbocycles. The molecule has 0 saturated carbocycles. The Kier molecular flexibility index (Phi) is 5.03. The standard InChI is InChI=1S/C22H17Cl2N3O2/c1-12-8-17(14-4-3-5-15(9-14)22(28)29)10-18-20(12)25-13(2)27(18)11-16-6-7-19(23)26-21(16)24/h3-10H,11H2,1-2H3,(H,28,29). The fraction of sp³-hybridized carbons (Fsp3) is 0.136. The van der Waals surface area contributed by atoms with E-state index in [0.29, 0.717) is 16.9 Å². The van der Waals surface area contributed by atoms with E-state index < -0.39 is 5.97 Å². The second kappa shape index (κ2) is 7.50. The molecule has 4 aromatic rings. The quantitative estimate of drug-likeness (QED) is 0.421. The molecule has 2 heterocycles. The number of aryl methyl sites for hydroxylation is 2. The molecular formula is C22H17Cl2N3O2. The van der Waals surface area contributed by atoms with Crippen LogP contribution in [-0.4, -0.2) is 25.6 Å². The van der Waals surface area contributed by atoms with Crippen molar-refractivity contribution in [3.8, 4) is 11.1 Å². The van der Waals surface area contributed by atoms with Crippen LogP contribution in [0.4, 0.5) is 0 Å². The van der Waals surface area contributed by atoms with Gasteiger partial charge in [0, 0.05) is 5.56 Å². The minimum Gasteiger partial charge on any atom is -0.478 e. The smallest absolute Gasteiger partial charge is 0.335 e. The number of hydrogen-bond donors (Lipinski definition) is 1. The minimum atomic E-state index is -0.949. The highest BCUT2D eigenvalue weighted by molar-refractivity contribution is 6.32. The summed E-state index contributed by atoms with van der Waals surface area (Å²) in [4.78, 5) is 20.2. The average molecular weight is 426 g/mol. The lowest BCUT2D eigenvalue weighted by atomic mass is 10.0. The molecule has 5 nitrogen and oxygen atoms in total. The third kappa shape index (κ3) is 3.71. The highest BCUT2D eigenvalue weighted by atomic mass is 35.5. The number of aromatic nitrogens is 3. The first-order chi connectivity index (χ1) is 13.8. The molecule has 0 radical (unpaired) electrons. The summed E-state index contributed by atoms with van der Waals surface area (Å²) in [7, 11) is 0. The summed E-state index contributed by atoms with van der Waals surface area (Å²) in [6.45, 7) is 4.45. The van der Waals surface area contributed by atoms with Gasteiger partial charge in [0.05, 0.1) is 23.1 Å². The van der Waals surface area contributed by atoms with E-state index in [-0.39, 0.29) is 5.56 Å². The largest absolute Gasteiger partial charge is 0.478 e. The van der Waals surface area contributed by atoms with Crippen LogP contribution >= 0.6 is 23.2 Å². The molecule has 0 bridgehead atoms. The van der Waals surface area contributed by atoms with Crippen LogP contribution in [0.5, 0.6) is 0 Å². The van der Waals surface area contributed by atoms with Gasteiger partial charge in [0.2, 0.25) is 0 Å². The van der Waals surface area contributed by atoms with E-state index in [1.54, 1.807) is 24.3 Å². The molecule has 0 saturated heterocycles. The minimum absolute atomic E-state index is 0.254. The number of pyridine rings is 1. The summed E-state index contributed by atoms with van der Waals surface area (Å²) in [5, 5.41) is 10.0. The van der Waals surface area contributed by atoms with Crippen LogP contribution in [0.1, 0.15) is 27.3 Å². The number of benzene rings is 2. The molecule has 29 heavy (non-hydrogen) atoms. The average Bonchev–Trinajstić information content (AvgIpc) is 3.00. The fourth-order valence-electron chi connectivity index (χ4n) is 3.44. The monoisotopic (exact) mass is 425 g/mol. The summed E-state index contributed by atoms with van der Waals surface area (Å²) in [6, 6.07) is 14.5. The molecule has 0 atom stereocenters. The lowest BCUT2D eigenvalue weighted by Crippen LogP contribution is -2.03. The summed E-state index contributed by atoms with van der Waals surface area (Å²) in [6.07, 6.45) is 0. The first-order valence-electron chi connectivity index (χ1n) is 8.95. The number of carboxylic acids is 1. The molecule has 2 aromatic heterocycles. The Morgan fingerprint density at radius 3 is 2.55 bits per heavy atom. The zero-order valence-corrected chi connectivity index (χ0v) is 17.3. The van der Waals surface area contributed by atoms with Crippen molar-refractivity contribution in [2.75, 3.05) is 0 Å². The van der Waals surface area contributed by atoms with E-state index in [4.69, 9.17) is 28.2 Å². The highest BCUT2D eigenvalue weighted by Gasteiger charge is 2.14. The molecule has 0 amide bonds. The highest BCUT2D eigenvalue weighted by Crippen LogP contribution is 2.30. The van der Waals surface area contributed by atoms with Crippen molar-refractivity contribution in [3.63, 3.8) is 0 Å². The number of carbonyl (C=O) groups is 1. The number of aromatic carboxylic acids is 1. The van der Waals surface area contributed by atoms with Gasteiger partial charge in [-0.15, -0.1) is 0 Å². The van der Waals surface area contributed by atoms with Crippen molar-refractivity contribution in [2.45, 2.75) is 20.4 Å². The third-order valence-corrected chi connectivity index (χ3v) is 5.44. The van der Waals surface area contributed by atoms with Crippen LogP contribution in [0.2, 0.25) is 10.3 Å². The topological polar surface area (TPSA) is 68.0 Å². The SMILES string of the molecule is Cc1cc(-c2cccc(C(=O)O)c2)cc2c1nc(C)n2Cc1ccc(Cl)nc1Cl. The van der Waals surface area contributed by atoms with E-state index in [1.807, 2.05) is 38.1 Å². The van der Waals surface area contributed by atoms with Gasteiger partial charge in [-0.25, -0.2) is 14.8 Å². The first-order valence-corrected chi connectivity index (χ1v) is 9.71. The molecule has 0 fully saturated rings. The number of fused-ring (bicyclic) bond motifs is 1. The molecule has 0 aliphatic heterocycles. The van der Waals surface area contributed by atoms with Gasteiger partial charge >= 0.3 is 5.97 Å². The van der Waals surface area contributed by atoms with Crippen LogP contribution in [0.25, 0.3) is 22.2 Å². The number of halogens is 2. The summed E-state index contributed by atoms with van der Waals surface area (Å²) < 4.78 is 2.07. The van der Waals surface area contributed by atoms with Gasteiger partial charge in [-0.2, -0.15) is 0 Å². The van der Waals surface area contributed by atoms with E-state index in [0.717, 1.165) is 39.1 Å². The molecule has 1 N–H and O–H groups in total. The lowest BCUT2D eigenvalue weighted by molar-refractivity contribution is 0.0697. The summed E-state index contributed by atoms with van der Waals surface area (Å²) in [5.41, 5.74) is 5.73. The molecule has 4 rings (SSSR count). The van der Waals surface area contributed by atoms with Crippen molar-refractivity contribution in [1.29, 1.82) is 0 Å². The van der Waals surface area contributed by atoms with Crippen molar-refractivity contribution < 1.29 is 9.90 Å². The zero-order chi connectivity index (χ0) is 20.7. The van der Waals surface area contributed by atoms with E-state index in [9.17, 15) is 9.90 Å². The van der Waals surface area contributed by atoms with Crippen molar-refractivity contribution in [1.82, 2.24) is 14.5 Å². The lowest BCUT2D eigenvalue weighted by Gasteiger charge is -2.11. The maximum Gasteiger partial charge on any atom is 0.335 e.